The SMILES string of the molecule is C=CCOCC(NC(=O)c1cnn(C(C)(C)C)c1C(F)(F)F)C(=O)O. The number of aliphatic carboxylic acids is 1. The van der Waals surface area contributed by atoms with Crippen molar-refractivity contribution < 1.29 is 32.6 Å². The van der Waals surface area contributed by atoms with Crippen molar-refractivity contribution in [1.82, 2.24) is 15.1 Å². The highest BCUT2D eigenvalue weighted by Gasteiger charge is 2.42. The van der Waals surface area contributed by atoms with E-state index in [0.717, 1.165) is 6.20 Å². The van der Waals surface area contributed by atoms with E-state index in [4.69, 9.17) is 9.84 Å². The van der Waals surface area contributed by atoms with Crippen LogP contribution < -0.4 is 5.32 Å². The molecule has 25 heavy (non-hydrogen) atoms. The number of carboxylic acid groups (broad SMARTS) is 1. The highest BCUT2D eigenvalue weighted by atomic mass is 19.4. The lowest BCUT2D eigenvalue weighted by atomic mass is 10.1. The van der Waals surface area contributed by atoms with Crippen LogP contribution in [0.25, 0.3) is 0 Å². The largest absolute Gasteiger partial charge is 0.480 e. The van der Waals surface area contributed by atoms with Crippen LogP contribution in [-0.4, -0.2) is 46.0 Å². The second-order valence-corrected chi connectivity index (χ2v) is 6.18. The van der Waals surface area contributed by atoms with Crippen molar-refractivity contribution in [2.45, 2.75) is 38.5 Å². The van der Waals surface area contributed by atoms with Crippen LogP contribution in [0.2, 0.25) is 0 Å². The molecule has 1 unspecified atom stereocenters. The molecule has 1 aromatic rings. The number of carbonyl (C=O) groups is 2. The Morgan fingerprint density at radius 2 is 2.04 bits per heavy atom. The van der Waals surface area contributed by atoms with Crippen molar-refractivity contribution in [2.75, 3.05) is 13.2 Å². The molecule has 1 aromatic heterocycles. The zero-order valence-electron chi connectivity index (χ0n) is 14.1. The molecule has 0 aliphatic rings. The molecule has 140 valence electrons. The fourth-order valence-electron chi connectivity index (χ4n) is 1.98. The van der Waals surface area contributed by atoms with Crippen LogP contribution in [0.1, 0.15) is 36.8 Å². The molecule has 0 aromatic carbocycles. The maximum absolute atomic E-state index is 13.4. The summed E-state index contributed by atoms with van der Waals surface area (Å²) in [6, 6.07) is -1.51. The minimum Gasteiger partial charge on any atom is -0.480 e. The van der Waals surface area contributed by atoms with Crippen LogP contribution in [-0.2, 0) is 21.2 Å². The van der Waals surface area contributed by atoms with Crippen molar-refractivity contribution in [3.05, 3.63) is 30.1 Å². The fraction of sp³-hybridized carbons (Fsp3) is 0.533. The minimum atomic E-state index is -4.84. The van der Waals surface area contributed by atoms with E-state index in [0.29, 0.717) is 4.68 Å². The summed E-state index contributed by atoms with van der Waals surface area (Å²) in [4.78, 5) is 23.3. The smallest absolute Gasteiger partial charge is 0.433 e. The summed E-state index contributed by atoms with van der Waals surface area (Å²) in [7, 11) is 0. The molecule has 0 bridgehead atoms. The third-order valence-corrected chi connectivity index (χ3v) is 3.04. The number of hydrogen-bond donors (Lipinski definition) is 2. The summed E-state index contributed by atoms with van der Waals surface area (Å²) in [6.07, 6.45) is -2.70. The average molecular weight is 363 g/mol. The second kappa shape index (κ2) is 7.68. The Kier molecular flexibility index (Phi) is 6.36. The molecule has 0 aliphatic heterocycles. The molecule has 0 aliphatic carbocycles. The van der Waals surface area contributed by atoms with Crippen LogP contribution in [0.3, 0.4) is 0 Å². The molecule has 1 atom stereocenters. The Morgan fingerprint density at radius 1 is 1.44 bits per heavy atom. The van der Waals surface area contributed by atoms with E-state index in [1.807, 2.05) is 5.32 Å². The van der Waals surface area contributed by atoms with Gasteiger partial charge < -0.3 is 15.2 Å². The molecule has 0 spiro atoms. The summed E-state index contributed by atoms with van der Waals surface area (Å²) >= 11 is 0. The van der Waals surface area contributed by atoms with Gasteiger partial charge in [-0.25, -0.2) is 4.79 Å². The number of alkyl halides is 3. The van der Waals surface area contributed by atoms with Crippen molar-refractivity contribution >= 4 is 11.9 Å². The van der Waals surface area contributed by atoms with Gasteiger partial charge >= 0.3 is 12.1 Å². The number of amides is 1. The standard InChI is InChI=1S/C15H20F3N3O4/c1-5-6-25-8-10(13(23)24)20-12(22)9-7-19-21(14(2,3)4)11(9)15(16,17)18/h5,7,10H,1,6,8H2,2-4H3,(H,20,22)(H,23,24). The zero-order valence-corrected chi connectivity index (χ0v) is 14.1. The highest BCUT2D eigenvalue weighted by molar-refractivity contribution is 5.97. The molecule has 0 radical (unpaired) electrons. The van der Waals surface area contributed by atoms with E-state index in [2.05, 4.69) is 11.7 Å². The molecule has 1 amide bonds. The first-order valence-corrected chi connectivity index (χ1v) is 7.27. The Hall–Kier alpha value is -2.36. The molecule has 10 heteroatoms. The molecular weight excluding hydrogens is 343 g/mol. The lowest BCUT2D eigenvalue weighted by Gasteiger charge is -2.24. The van der Waals surface area contributed by atoms with Gasteiger partial charge in [0.25, 0.3) is 5.91 Å². The predicted molar refractivity (Wildman–Crippen MR) is 82.1 cm³/mol. The van der Waals surface area contributed by atoms with Crippen LogP contribution in [0.4, 0.5) is 13.2 Å². The molecule has 0 saturated carbocycles. The number of nitrogens with one attached hydrogen (secondary N) is 1. The van der Waals surface area contributed by atoms with Crippen molar-refractivity contribution in [1.29, 1.82) is 0 Å². The topological polar surface area (TPSA) is 93.5 Å². The van der Waals surface area contributed by atoms with Gasteiger partial charge in [0.1, 0.15) is 0 Å². The van der Waals surface area contributed by atoms with Gasteiger partial charge in [0.15, 0.2) is 11.7 Å². The number of aromatic nitrogens is 2. The number of ether oxygens (including phenoxy) is 1. The van der Waals surface area contributed by atoms with Gasteiger partial charge in [-0.1, -0.05) is 6.08 Å². The van der Waals surface area contributed by atoms with Crippen LogP contribution in [0.5, 0.6) is 0 Å². The van der Waals surface area contributed by atoms with Crippen LogP contribution in [0, 0.1) is 0 Å². The van der Waals surface area contributed by atoms with E-state index >= 15 is 0 Å². The summed E-state index contributed by atoms with van der Waals surface area (Å²) in [6.45, 7) is 7.50. The Labute approximate surface area is 142 Å². The zero-order chi connectivity index (χ0) is 19.4. The van der Waals surface area contributed by atoms with E-state index < -0.39 is 47.5 Å². The number of rotatable bonds is 7. The highest BCUT2D eigenvalue weighted by Crippen LogP contribution is 2.34. The third kappa shape index (κ3) is 5.31. The van der Waals surface area contributed by atoms with Gasteiger partial charge in [-0.3, -0.25) is 9.48 Å². The Morgan fingerprint density at radius 3 is 2.48 bits per heavy atom. The number of carbonyl (C=O) groups excluding carboxylic acids is 1. The van der Waals surface area contributed by atoms with Crippen molar-refractivity contribution in [3.63, 3.8) is 0 Å². The average Bonchev–Trinajstić information content (AvgIpc) is 2.91. The van der Waals surface area contributed by atoms with Crippen molar-refractivity contribution in [3.8, 4) is 0 Å². The van der Waals surface area contributed by atoms with Gasteiger partial charge in [0.05, 0.1) is 30.5 Å². The first-order chi connectivity index (χ1) is 11.4. The summed E-state index contributed by atoms with van der Waals surface area (Å²) in [5, 5.41) is 14.7. The predicted octanol–water partition coefficient (Wildman–Crippen LogP) is 2.04. The summed E-state index contributed by atoms with van der Waals surface area (Å²) < 4.78 is 45.8. The number of carboxylic acids is 1. The Balaban J connectivity index is 3.14. The maximum Gasteiger partial charge on any atom is 0.433 e. The van der Waals surface area contributed by atoms with Crippen molar-refractivity contribution in [2.24, 2.45) is 0 Å². The summed E-state index contributed by atoms with van der Waals surface area (Å²) in [5.41, 5.74) is -3.02. The van der Waals surface area contributed by atoms with E-state index in [9.17, 15) is 22.8 Å². The van der Waals surface area contributed by atoms with Gasteiger partial charge in [-0.2, -0.15) is 18.3 Å². The van der Waals surface area contributed by atoms with Crippen LogP contribution >= 0.6 is 0 Å². The van der Waals surface area contributed by atoms with Gasteiger partial charge in [-0.05, 0) is 20.8 Å². The molecule has 2 N–H and O–H groups in total. The number of hydrogen-bond acceptors (Lipinski definition) is 4. The number of nitrogens with zero attached hydrogens (tertiary/aromatic N) is 2. The lowest BCUT2D eigenvalue weighted by Crippen LogP contribution is -2.44. The molecule has 0 fully saturated rings. The van der Waals surface area contributed by atoms with Crippen LogP contribution in [0.15, 0.2) is 18.9 Å². The quantitative estimate of drug-likeness (QED) is 0.571. The fourth-order valence-corrected chi connectivity index (χ4v) is 1.98. The molecular formula is C15H20F3N3O4. The van der Waals surface area contributed by atoms with E-state index in [1.54, 1.807) is 0 Å². The lowest BCUT2D eigenvalue weighted by molar-refractivity contribution is -0.146. The normalized spacial score (nSPS) is 13.4. The Bertz CT molecular complexity index is 647. The second-order valence-electron chi connectivity index (χ2n) is 6.18. The maximum atomic E-state index is 13.4. The molecule has 1 rings (SSSR count). The summed E-state index contributed by atoms with van der Waals surface area (Å²) in [5.74, 6) is -2.63. The van der Waals surface area contributed by atoms with E-state index in [1.165, 1.54) is 26.8 Å². The monoisotopic (exact) mass is 363 g/mol. The molecule has 7 nitrogen and oxygen atoms in total. The van der Waals surface area contributed by atoms with Gasteiger partial charge in [0, 0.05) is 0 Å². The first-order valence-electron chi connectivity index (χ1n) is 7.27. The third-order valence-electron chi connectivity index (χ3n) is 3.04. The minimum absolute atomic E-state index is 0.0371. The van der Waals surface area contributed by atoms with E-state index in [-0.39, 0.29) is 6.61 Å². The number of halogens is 3. The molecule has 0 saturated heterocycles. The van der Waals surface area contributed by atoms with Gasteiger partial charge in [-0.15, -0.1) is 6.58 Å². The van der Waals surface area contributed by atoms with Gasteiger partial charge in [0.2, 0.25) is 0 Å². The molecule has 1 heterocycles. The first kappa shape index (κ1) is 20.7.